The average molecular weight is 186 g/mol. The Bertz CT molecular complexity index is 212. The molecule has 0 saturated carbocycles. The highest BCUT2D eigenvalue weighted by molar-refractivity contribution is 5.67. The molecule has 0 aliphatic heterocycles. The molecular formula is C10H18O3. The maximum absolute atomic E-state index is 10.5. The van der Waals surface area contributed by atoms with Crippen LogP contribution in [0.15, 0.2) is 11.6 Å². The minimum atomic E-state index is -0.883. The van der Waals surface area contributed by atoms with Gasteiger partial charge in [0.25, 0.3) is 0 Å². The Kier molecular flexibility index (Phi) is 4.14. The molecule has 0 aromatic heterocycles. The molecule has 0 aliphatic carbocycles. The first-order chi connectivity index (χ1) is 5.75. The van der Waals surface area contributed by atoms with Crippen molar-refractivity contribution >= 4 is 5.97 Å². The van der Waals surface area contributed by atoms with Gasteiger partial charge in [-0.05, 0) is 13.8 Å². The quantitative estimate of drug-likeness (QED) is 0.658. The molecule has 76 valence electrons. The molecule has 1 atom stereocenters. The molecule has 0 aromatic rings. The van der Waals surface area contributed by atoms with E-state index in [1.54, 1.807) is 19.9 Å². The van der Waals surface area contributed by atoms with Gasteiger partial charge in [0.15, 0.2) is 0 Å². The third kappa shape index (κ3) is 4.68. The van der Waals surface area contributed by atoms with Crippen molar-refractivity contribution < 1.29 is 15.0 Å². The molecule has 0 heterocycles. The van der Waals surface area contributed by atoms with Gasteiger partial charge in [0, 0.05) is 5.41 Å². The Morgan fingerprint density at radius 3 is 2.23 bits per heavy atom. The molecule has 0 amide bonds. The molecule has 0 rings (SSSR count). The van der Waals surface area contributed by atoms with Crippen LogP contribution in [0, 0.1) is 5.41 Å². The summed E-state index contributed by atoms with van der Waals surface area (Å²) in [6.07, 6.45) is 0.953. The van der Waals surface area contributed by atoms with Crippen molar-refractivity contribution in [3.8, 4) is 0 Å². The van der Waals surface area contributed by atoms with Gasteiger partial charge in [0.1, 0.15) is 0 Å². The van der Waals surface area contributed by atoms with Crippen LogP contribution < -0.4 is 0 Å². The summed E-state index contributed by atoms with van der Waals surface area (Å²) in [5.41, 5.74) is 0.384. The fourth-order valence-electron chi connectivity index (χ4n) is 1.04. The lowest BCUT2D eigenvalue weighted by molar-refractivity contribution is -0.140. The highest BCUT2D eigenvalue weighted by Crippen LogP contribution is 2.26. The smallest absolute Gasteiger partial charge is 0.303 e. The Balaban J connectivity index is 4.44. The summed E-state index contributed by atoms with van der Waals surface area (Å²) in [6, 6.07) is 0. The first-order valence-corrected chi connectivity index (χ1v) is 4.30. The summed E-state index contributed by atoms with van der Waals surface area (Å²) in [5.74, 6) is -0.883. The first-order valence-electron chi connectivity index (χ1n) is 4.30. The van der Waals surface area contributed by atoms with Gasteiger partial charge < -0.3 is 10.2 Å². The third-order valence-corrected chi connectivity index (χ3v) is 1.90. The van der Waals surface area contributed by atoms with E-state index in [-0.39, 0.29) is 6.42 Å². The fourth-order valence-corrected chi connectivity index (χ4v) is 1.04. The summed E-state index contributed by atoms with van der Waals surface area (Å²) in [5, 5.41) is 18.3. The minimum absolute atomic E-state index is 0.0298. The predicted molar refractivity (Wildman–Crippen MR) is 51.5 cm³/mol. The number of carboxylic acid groups (broad SMARTS) is 1. The second-order valence-corrected chi connectivity index (χ2v) is 4.25. The van der Waals surface area contributed by atoms with Gasteiger partial charge in [-0.3, -0.25) is 4.79 Å². The normalized spacial score (nSPS) is 13.6. The summed E-state index contributed by atoms with van der Waals surface area (Å²) in [6.45, 7) is 7.23. The van der Waals surface area contributed by atoms with E-state index in [2.05, 4.69) is 0 Å². The number of aliphatic carboxylic acids is 1. The Labute approximate surface area is 79.1 Å². The van der Waals surface area contributed by atoms with Crippen LogP contribution in [0.1, 0.15) is 34.1 Å². The Hall–Kier alpha value is -0.830. The van der Waals surface area contributed by atoms with Crippen molar-refractivity contribution in [3.05, 3.63) is 11.6 Å². The van der Waals surface area contributed by atoms with E-state index in [9.17, 15) is 9.90 Å². The van der Waals surface area contributed by atoms with Crippen molar-refractivity contribution in [2.24, 2.45) is 5.41 Å². The van der Waals surface area contributed by atoms with Crippen LogP contribution in [0.5, 0.6) is 0 Å². The van der Waals surface area contributed by atoms with E-state index < -0.39 is 17.5 Å². The molecule has 3 heteroatoms. The molecule has 0 fully saturated rings. The van der Waals surface area contributed by atoms with Gasteiger partial charge in [0.05, 0.1) is 12.5 Å². The number of carboxylic acids is 1. The topological polar surface area (TPSA) is 57.5 Å². The number of aliphatic hydroxyl groups excluding tert-OH is 1. The van der Waals surface area contributed by atoms with Gasteiger partial charge in [-0.2, -0.15) is 0 Å². The van der Waals surface area contributed by atoms with Gasteiger partial charge in [0.2, 0.25) is 0 Å². The Morgan fingerprint density at radius 2 is 1.92 bits per heavy atom. The van der Waals surface area contributed by atoms with Crippen LogP contribution in [0.2, 0.25) is 0 Å². The summed E-state index contributed by atoms with van der Waals surface area (Å²) < 4.78 is 0. The second kappa shape index (κ2) is 4.42. The molecular weight excluding hydrogens is 168 g/mol. The Morgan fingerprint density at radius 1 is 1.46 bits per heavy atom. The third-order valence-electron chi connectivity index (χ3n) is 1.90. The fraction of sp³-hybridized carbons (Fsp3) is 0.700. The predicted octanol–water partition coefficient (Wildman–Crippen LogP) is 1.81. The molecule has 2 N–H and O–H groups in total. The van der Waals surface area contributed by atoms with E-state index >= 15 is 0 Å². The SMILES string of the molecule is CC(C)=CC(O)C(C)(C)CC(=O)O. The molecule has 0 saturated heterocycles. The zero-order valence-corrected chi connectivity index (χ0v) is 8.66. The van der Waals surface area contributed by atoms with Crippen molar-refractivity contribution in [2.45, 2.75) is 40.2 Å². The zero-order chi connectivity index (χ0) is 10.6. The highest BCUT2D eigenvalue weighted by Gasteiger charge is 2.28. The van der Waals surface area contributed by atoms with Crippen LogP contribution >= 0.6 is 0 Å². The molecule has 0 aromatic carbocycles. The number of rotatable bonds is 4. The van der Waals surface area contributed by atoms with Crippen LogP contribution in [0.25, 0.3) is 0 Å². The molecule has 3 nitrogen and oxygen atoms in total. The van der Waals surface area contributed by atoms with E-state index in [0.717, 1.165) is 5.57 Å². The summed E-state index contributed by atoms with van der Waals surface area (Å²) in [7, 11) is 0. The molecule has 0 spiro atoms. The molecule has 0 bridgehead atoms. The first kappa shape index (κ1) is 12.2. The molecule has 0 aliphatic rings. The van der Waals surface area contributed by atoms with Gasteiger partial charge >= 0.3 is 5.97 Å². The molecule has 13 heavy (non-hydrogen) atoms. The number of hydrogen-bond acceptors (Lipinski definition) is 2. The number of aliphatic hydroxyl groups is 1. The van der Waals surface area contributed by atoms with E-state index in [1.165, 1.54) is 0 Å². The standard InChI is InChI=1S/C10H18O3/c1-7(2)5-8(11)10(3,4)6-9(12)13/h5,8,11H,6H2,1-4H3,(H,12,13). The van der Waals surface area contributed by atoms with Crippen LogP contribution in [-0.2, 0) is 4.79 Å². The van der Waals surface area contributed by atoms with Gasteiger partial charge in [-0.15, -0.1) is 0 Å². The molecule has 0 radical (unpaired) electrons. The molecule has 1 unspecified atom stereocenters. The van der Waals surface area contributed by atoms with E-state index in [4.69, 9.17) is 5.11 Å². The lowest BCUT2D eigenvalue weighted by atomic mass is 9.82. The highest BCUT2D eigenvalue weighted by atomic mass is 16.4. The largest absolute Gasteiger partial charge is 0.481 e. The lowest BCUT2D eigenvalue weighted by Crippen LogP contribution is -2.30. The maximum Gasteiger partial charge on any atom is 0.303 e. The van der Waals surface area contributed by atoms with Crippen LogP contribution in [0.3, 0.4) is 0 Å². The van der Waals surface area contributed by atoms with Crippen LogP contribution in [-0.4, -0.2) is 22.3 Å². The number of hydrogen-bond donors (Lipinski definition) is 2. The lowest BCUT2D eigenvalue weighted by Gasteiger charge is -2.26. The van der Waals surface area contributed by atoms with E-state index in [0.29, 0.717) is 0 Å². The number of allylic oxidation sites excluding steroid dienone is 1. The van der Waals surface area contributed by atoms with Crippen molar-refractivity contribution in [3.63, 3.8) is 0 Å². The van der Waals surface area contributed by atoms with Crippen LogP contribution in [0.4, 0.5) is 0 Å². The van der Waals surface area contributed by atoms with Crippen molar-refractivity contribution in [1.29, 1.82) is 0 Å². The average Bonchev–Trinajstić information content (AvgIpc) is 1.81. The summed E-state index contributed by atoms with van der Waals surface area (Å²) >= 11 is 0. The van der Waals surface area contributed by atoms with Gasteiger partial charge in [-0.1, -0.05) is 25.5 Å². The maximum atomic E-state index is 10.5. The minimum Gasteiger partial charge on any atom is -0.481 e. The zero-order valence-electron chi connectivity index (χ0n) is 8.66. The van der Waals surface area contributed by atoms with Gasteiger partial charge in [-0.25, -0.2) is 0 Å². The van der Waals surface area contributed by atoms with Crippen molar-refractivity contribution in [2.75, 3.05) is 0 Å². The van der Waals surface area contributed by atoms with E-state index in [1.807, 2.05) is 13.8 Å². The number of carbonyl (C=O) groups is 1. The second-order valence-electron chi connectivity index (χ2n) is 4.25. The summed E-state index contributed by atoms with van der Waals surface area (Å²) in [4.78, 5) is 10.5. The van der Waals surface area contributed by atoms with Crippen molar-refractivity contribution in [1.82, 2.24) is 0 Å². The monoisotopic (exact) mass is 186 g/mol.